The first-order chi connectivity index (χ1) is 15.6. The molecule has 6 nitrogen and oxygen atoms in total. The Labute approximate surface area is 196 Å². The van der Waals surface area contributed by atoms with Gasteiger partial charge in [-0.1, -0.05) is 12.1 Å². The van der Waals surface area contributed by atoms with Crippen LogP contribution in [-0.4, -0.2) is 64.8 Å². The van der Waals surface area contributed by atoms with Gasteiger partial charge in [0, 0.05) is 35.4 Å². The summed E-state index contributed by atoms with van der Waals surface area (Å²) in [6.45, 7) is 4.79. The number of carbonyl (C=O) groups is 1. The Hall–Kier alpha value is -2.38. The van der Waals surface area contributed by atoms with E-state index in [0.717, 1.165) is 57.5 Å². The van der Waals surface area contributed by atoms with E-state index in [1.807, 2.05) is 28.9 Å². The van der Waals surface area contributed by atoms with Crippen LogP contribution in [-0.2, 0) is 13.0 Å². The third-order valence-corrected chi connectivity index (χ3v) is 8.15. The van der Waals surface area contributed by atoms with Gasteiger partial charge in [0.15, 0.2) is 0 Å². The van der Waals surface area contributed by atoms with Crippen LogP contribution in [0.2, 0.25) is 0 Å². The summed E-state index contributed by atoms with van der Waals surface area (Å²) in [6, 6.07) is 12.4. The number of rotatable bonds is 4. The van der Waals surface area contributed by atoms with E-state index in [2.05, 4.69) is 37.9 Å². The van der Waals surface area contributed by atoms with E-state index in [4.69, 9.17) is 9.84 Å². The summed E-state index contributed by atoms with van der Waals surface area (Å²) >= 11 is 3.74. The van der Waals surface area contributed by atoms with Crippen molar-refractivity contribution in [3.05, 3.63) is 57.7 Å². The lowest BCUT2D eigenvalue weighted by Crippen LogP contribution is -2.58. The van der Waals surface area contributed by atoms with Crippen molar-refractivity contribution >= 4 is 32.7 Å². The quantitative estimate of drug-likeness (QED) is 0.550. The smallest absolute Gasteiger partial charge is 0.254 e. The summed E-state index contributed by atoms with van der Waals surface area (Å²) in [4.78, 5) is 18.5. The Bertz CT molecular complexity index is 1180. The average Bonchev–Trinajstić information content (AvgIpc) is 3.13. The van der Waals surface area contributed by atoms with E-state index in [1.54, 1.807) is 7.11 Å². The largest absolute Gasteiger partial charge is 0.497 e. The molecule has 7 rings (SSSR count). The summed E-state index contributed by atoms with van der Waals surface area (Å²) in [5.41, 5.74) is 3.99. The highest BCUT2D eigenvalue weighted by Crippen LogP contribution is 2.37. The lowest BCUT2D eigenvalue weighted by Gasteiger charge is -2.49. The van der Waals surface area contributed by atoms with Crippen LogP contribution in [0.3, 0.4) is 0 Å². The lowest BCUT2D eigenvalue weighted by atomic mass is 9.83. The van der Waals surface area contributed by atoms with Crippen LogP contribution < -0.4 is 4.74 Å². The minimum Gasteiger partial charge on any atom is -0.497 e. The Morgan fingerprint density at radius 2 is 1.88 bits per heavy atom. The van der Waals surface area contributed by atoms with Gasteiger partial charge in [-0.2, -0.15) is 5.10 Å². The molecule has 5 heterocycles. The number of amides is 1. The van der Waals surface area contributed by atoms with Crippen LogP contribution >= 0.6 is 15.9 Å². The predicted octanol–water partition coefficient (Wildman–Crippen LogP) is 3.95. The maximum Gasteiger partial charge on any atom is 0.254 e. The van der Waals surface area contributed by atoms with Crippen LogP contribution in [0.5, 0.6) is 5.75 Å². The van der Waals surface area contributed by atoms with E-state index in [1.165, 1.54) is 25.9 Å². The number of carbonyl (C=O) groups excluding carboxylic acids is 1. The highest BCUT2D eigenvalue weighted by Gasteiger charge is 2.41. The van der Waals surface area contributed by atoms with E-state index >= 15 is 0 Å². The fourth-order valence-corrected chi connectivity index (χ4v) is 6.35. The number of methoxy groups -OCH3 is 1. The van der Waals surface area contributed by atoms with Gasteiger partial charge in [0.05, 0.1) is 30.4 Å². The van der Waals surface area contributed by atoms with Gasteiger partial charge >= 0.3 is 0 Å². The summed E-state index contributed by atoms with van der Waals surface area (Å²) in [5, 5.41) is 6.02. The maximum atomic E-state index is 13.8. The second kappa shape index (κ2) is 7.89. The number of nitrogens with zero attached hydrogens (tertiary/aromatic N) is 4. The molecule has 4 aliphatic rings. The van der Waals surface area contributed by atoms with Crippen molar-refractivity contribution in [2.45, 2.75) is 31.8 Å². The molecule has 0 unspecified atom stereocenters. The molecule has 0 N–H and O–H groups in total. The summed E-state index contributed by atoms with van der Waals surface area (Å²) in [7, 11) is 1.68. The molecule has 2 aromatic carbocycles. The summed E-state index contributed by atoms with van der Waals surface area (Å²) in [6.07, 6.45) is 3.22. The van der Waals surface area contributed by atoms with Crippen LogP contribution in [0.4, 0.5) is 0 Å². The van der Waals surface area contributed by atoms with Crippen molar-refractivity contribution in [3.8, 4) is 5.75 Å². The standard InChI is InChI=1S/C25H27BrN4O2/c1-32-18-4-2-16(3-5-18)14-30-24-20(26)7-6-19-23(24)21(27-30)10-13-29(25(19)31)22-15-28-11-8-17(22)9-12-28/h2-7,17,22H,8-15H2,1H3/t22-/m1/s1. The molecular formula is C25H27BrN4O2. The van der Waals surface area contributed by atoms with Crippen LogP contribution in [0.15, 0.2) is 40.9 Å². The molecule has 1 amide bonds. The Kier molecular flexibility index (Phi) is 4.99. The van der Waals surface area contributed by atoms with Gasteiger partial charge in [0.25, 0.3) is 5.91 Å². The number of hydrogen-bond acceptors (Lipinski definition) is 4. The summed E-state index contributed by atoms with van der Waals surface area (Å²) in [5.74, 6) is 1.65. The van der Waals surface area contributed by atoms with Crippen LogP contribution in [0.25, 0.3) is 10.9 Å². The average molecular weight is 495 g/mol. The van der Waals surface area contributed by atoms with Gasteiger partial charge in [-0.05, 0) is 77.6 Å². The molecule has 4 aliphatic heterocycles. The first-order valence-corrected chi connectivity index (χ1v) is 12.3. The molecule has 3 fully saturated rings. The van der Waals surface area contributed by atoms with Gasteiger partial charge in [-0.3, -0.25) is 9.48 Å². The van der Waals surface area contributed by atoms with Gasteiger partial charge in [0.1, 0.15) is 5.75 Å². The SMILES string of the molecule is COc1ccc(Cn2nc3c4c(ccc(Br)c42)C(=O)N([C@@H]2CN4CCC2CC4)CC3)cc1. The van der Waals surface area contributed by atoms with Crippen LogP contribution in [0.1, 0.15) is 34.5 Å². The second-order valence-corrected chi connectivity index (χ2v) is 10.1. The van der Waals surface area contributed by atoms with E-state index < -0.39 is 0 Å². The van der Waals surface area contributed by atoms with Crippen LogP contribution in [0, 0.1) is 5.92 Å². The van der Waals surface area contributed by atoms with Gasteiger partial charge in [0.2, 0.25) is 0 Å². The molecule has 1 atom stereocenters. The number of halogens is 1. The van der Waals surface area contributed by atoms with Crippen molar-refractivity contribution in [2.75, 3.05) is 33.3 Å². The fraction of sp³-hybridized carbons (Fsp3) is 0.440. The molecule has 0 aliphatic carbocycles. The highest BCUT2D eigenvalue weighted by atomic mass is 79.9. The zero-order valence-electron chi connectivity index (χ0n) is 18.3. The number of hydrogen-bond donors (Lipinski definition) is 0. The number of piperidine rings is 3. The zero-order chi connectivity index (χ0) is 21.8. The van der Waals surface area contributed by atoms with Crippen molar-refractivity contribution in [3.63, 3.8) is 0 Å². The first kappa shape index (κ1) is 20.2. The molecule has 7 heteroatoms. The predicted molar refractivity (Wildman–Crippen MR) is 127 cm³/mol. The van der Waals surface area contributed by atoms with Crippen molar-refractivity contribution < 1.29 is 9.53 Å². The third kappa shape index (κ3) is 3.25. The van der Waals surface area contributed by atoms with Crippen molar-refractivity contribution in [1.82, 2.24) is 19.6 Å². The minimum atomic E-state index is 0.170. The normalized spacial score (nSPS) is 24.8. The van der Waals surface area contributed by atoms with Gasteiger partial charge < -0.3 is 14.5 Å². The van der Waals surface area contributed by atoms with Crippen molar-refractivity contribution in [2.24, 2.45) is 5.92 Å². The molecule has 3 aromatic rings. The first-order valence-electron chi connectivity index (χ1n) is 11.5. The molecule has 2 bridgehead atoms. The number of ether oxygens (including phenoxy) is 1. The molecule has 166 valence electrons. The van der Waals surface area contributed by atoms with E-state index in [0.29, 0.717) is 18.5 Å². The minimum absolute atomic E-state index is 0.170. The Morgan fingerprint density at radius 1 is 1.09 bits per heavy atom. The second-order valence-electron chi connectivity index (χ2n) is 9.22. The third-order valence-electron chi connectivity index (χ3n) is 7.51. The topological polar surface area (TPSA) is 50.6 Å². The van der Waals surface area contributed by atoms with E-state index in [-0.39, 0.29) is 5.91 Å². The molecule has 3 saturated heterocycles. The molecule has 0 radical (unpaired) electrons. The molecular weight excluding hydrogens is 468 g/mol. The van der Waals surface area contributed by atoms with Gasteiger partial charge in [-0.15, -0.1) is 0 Å². The number of benzene rings is 2. The number of fused-ring (bicyclic) bond motifs is 3. The highest BCUT2D eigenvalue weighted by molar-refractivity contribution is 9.10. The lowest BCUT2D eigenvalue weighted by molar-refractivity contribution is 0.00820. The zero-order valence-corrected chi connectivity index (χ0v) is 19.8. The Balaban J connectivity index is 1.38. The maximum absolute atomic E-state index is 13.8. The Morgan fingerprint density at radius 3 is 2.56 bits per heavy atom. The van der Waals surface area contributed by atoms with E-state index in [9.17, 15) is 4.79 Å². The molecule has 0 spiro atoms. The van der Waals surface area contributed by atoms with Crippen molar-refractivity contribution in [1.29, 1.82) is 0 Å². The molecule has 0 saturated carbocycles. The molecule has 1 aromatic heterocycles. The molecule has 32 heavy (non-hydrogen) atoms. The fourth-order valence-electron chi connectivity index (χ4n) is 5.81. The monoisotopic (exact) mass is 494 g/mol. The van der Waals surface area contributed by atoms with Gasteiger partial charge in [-0.25, -0.2) is 0 Å². The number of aromatic nitrogens is 2. The summed E-state index contributed by atoms with van der Waals surface area (Å²) < 4.78 is 8.30.